The van der Waals surface area contributed by atoms with Gasteiger partial charge in [0.2, 0.25) is 0 Å². The Bertz CT molecular complexity index is 230. The average molecular weight is 241 g/mol. The number of rotatable bonds is 5. The first-order valence-electron chi connectivity index (χ1n) is 7.08. The molecule has 0 aliphatic carbocycles. The van der Waals surface area contributed by atoms with Crippen molar-refractivity contribution in [1.29, 1.82) is 0 Å². The predicted molar refractivity (Wildman–Crippen MR) is 69.1 cm³/mol. The van der Waals surface area contributed by atoms with Crippen molar-refractivity contribution >= 4 is 0 Å². The van der Waals surface area contributed by atoms with Gasteiger partial charge in [0, 0.05) is 25.8 Å². The van der Waals surface area contributed by atoms with E-state index in [9.17, 15) is 5.11 Å². The van der Waals surface area contributed by atoms with Gasteiger partial charge in [0.05, 0.1) is 5.60 Å². The van der Waals surface area contributed by atoms with E-state index in [1.807, 2.05) is 0 Å². The van der Waals surface area contributed by atoms with Gasteiger partial charge in [-0.15, -0.1) is 0 Å². The third-order valence-corrected chi connectivity index (χ3v) is 4.70. The average Bonchev–Trinajstić information content (AvgIpc) is 2.27. The van der Waals surface area contributed by atoms with Crippen molar-refractivity contribution in [3.05, 3.63) is 0 Å². The van der Waals surface area contributed by atoms with Crippen LogP contribution in [0.1, 0.15) is 51.4 Å². The molecule has 0 radical (unpaired) electrons. The van der Waals surface area contributed by atoms with Crippen molar-refractivity contribution in [1.82, 2.24) is 4.90 Å². The summed E-state index contributed by atoms with van der Waals surface area (Å²) in [5.74, 6) is 0. The number of nitrogens with zero attached hydrogens (tertiary/aromatic N) is 1. The fourth-order valence-corrected chi connectivity index (χ4v) is 3.65. The largest absolute Gasteiger partial charge is 0.390 e. The SMILES string of the molecule is COCCCCC1(O)CC2CCCC(C1)N2C. The van der Waals surface area contributed by atoms with Gasteiger partial charge in [-0.3, -0.25) is 0 Å². The molecular weight excluding hydrogens is 214 g/mol. The smallest absolute Gasteiger partial charge is 0.0677 e. The van der Waals surface area contributed by atoms with Gasteiger partial charge in [-0.25, -0.2) is 0 Å². The molecule has 1 N–H and O–H groups in total. The van der Waals surface area contributed by atoms with E-state index in [0.29, 0.717) is 12.1 Å². The summed E-state index contributed by atoms with van der Waals surface area (Å²) in [5, 5.41) is 10.7. The van der Waals surface area contributed by atoms with Crippen LogP contribution in [0, 0.1) is 0 Å². The van der Waals surface area contributed by atoms with Crippen LogP contribution in [0.25, 0.3) is 0 Å². The standard InChI is InChI=1S/C14H27NO2/c1-15-12-6-5-7-13(15)11-14(16,10-12)8-3-4-9-17-2/h12-13,16H,3-11H2,1-2H3. The zero-order valence-electron chi connectivity index (χ0n) is 11.3. The monoisotopic (exact) mass is 241 g/mol. The molecule has 2 atom stereocenters. The first-order chi connectivity index (χ1) is 8.14. The van der Waals surface area contributed by atoms with Gasteiger partial charge in [-0.1, -0.05) is 6.42 Å². The second-order valence-corrected chi connectivity index (χ2v) is 5.99. The lowest BCUT2D eigenvalue weighted by atomic mass is 9.74. The Morgan fingerprint density at radius 2 is 1.88 bits per heavy atom. The van der Waals surface area contributed by atoms with Crippen molar-refractivity contribution in [2.75, 3.05) is 20.8 Å². The van der Waals surface area contributed by atoms with Crippen LogP contribution in [-0.4, -0.2) is 48.5 Å². The Morgan fingerprint density at radius 3 is 2.47 bits per heavy atom. The summed E-state index contributed by atoms with van der Waals surface area (Å²) in [4.78, 5) is 2.51. The van der Waals surface area contributed by atoms with E-state index in [0.717, 1.165) is 38.7 Å². The number of hydrogen-bond acceptors (Lipinski definition) is 3. The Hall–Kier alpha value is -0.120. The van der Waals surface area contributed by atoms with E-state index in [1.165, 1.54) is 19.3 Å². The number of methoxy groups -OCH3 is 1. The number of fused-ring (bicyclic) bond motifs is 2. The molecule has 0 aromatic rings. The lowest BCUT2D eigenvalue weighted by molar-refractivity contribution is -0.0882. The maximum Gasteiger partial charge on any atom is 0.0677 e. The maximum atomic E-state index is 10.7. The molecule has 0 amide bonds. The lowest BCUT2D eigenvalue weighted by Gasteiger charge is -2.50. The highest BCUT2D eigenvalue weighted by Crippen LogP contribution is 2.40. The van der Waals surface area contributed by atoms with Crippen molar-refractivity contribution in [2.45, 2.75) is 69.1 Å². The van der Waals surface area contributed by atoms with Crippen LogP contribution in [0.2, 0.25) is 0 Å². The van der Waals surface area contributed by atoms with Crippen molar-refractivity contribution < 1.29 is 9.84 Å². The van der Waals surface area contributed by atoms with Crippen LogP contribution in [0.5, 0.6) is 0 Å². The highest BCUT2D eigenvalue weighted by molar-refractivity contribution is 4.98. The van der Waals surface area contributed by atoms with Gasteiger partial charge in [0.15, 0.2) is 0 Å². The van der Waals surface area contributed by atoms with Crippen LogP contribution in [0.4, 0.5) is 0 Å². The molecule has 3 nitrogen and oxygen atoms in total. The highest BCUT2D eigenvalue weighted by atomic mass is 16.5. The minimum atomic E-state index is -0.393. The van der Waals surface area contributed by atoms with Crippen LogP contribution >= 0.6 is 0 Å². The third-order valence-electron chi connectivity index (χ3n) is 4.70. The summed E-state index contributed by atoms with van der Waals surface area (Å²) in [6.45, 7) is 0.822. The molecule has 2 rings (SSSR count). The highest BCUT2D eigenvalue weighted by Gasteiger charge is 2.43. The Labute approximate surface area is 105 Å². The Morgan fingerprint density at radius 1 is 1.24 bits per heavy atom. The minimum Gasteiger partial charge on any atom is -0.390 e. The predicted octanol–water partition coefficient (Wildman–Crippen LogP) is 2.18. The van der Waals surface area contributed by atoms with Gasteiger partial charge in [-0.2, -0.15) is 0 Å². The molecule has 2 aliphatic rings. The maximum absolute atomic E-state index is 10.7. The summed E-state index contributed by atoms with van der Waals surface area (Å²) in [7, 11) is 3.98. The summed E-state index contributed by atoms with van der Waals surface area (Å²) in [6, 6.07) is 1.24. The van der Waals surface area contributed by atoms with E-state index in [-0.39, 0.29) is 0 Å². The van der Waals surface area contributed by atoms with Gasteiger partial charge in [-0.05, 0) is 52.0 Å². The van der Waals surface area contributed by atoms with E-state index in [4.69, 9.17) is 4.74 Å². The third kappa shape index (κ3) is 3.21. The molecule has 17 heavy (non-hydrogen) atoms. The normalized spacial score (nSPS) is 38.3. The molecular formula is C14H27NO2. The number of ether oxygens (including phenoxy) is 1. The van der Waals surface area contributed by atoms with Gasteiger partial charge >= 0.3 is 0 Å². The first kappa shape index (κ1) is 13.3. The number of hydrogen-bond donors (Lipinski definition) is 1. The van der Waals surface area contributed by atoms with Gasteiger partial charge < -0.3 is 14.7 Å². The second-order valence-electron chi connectivity index (χ2n) is 5.99. The summed E-state index contributed by atoms with van der Waals surface area (Å²) < 4.78 is 5.07. The van der Waals surface area contributed by atoms with Crippen molar-refractivity contribution in [3.63, 3.8) is 0 Å². The van der Waals surface area contributed by atoms with E-state index < -0.39 is 5.60 Å². The molecule has 0 spiro atoms. The van der Waals surface area contributed by atoms with Crippen molar-refractivity contribution in [2.24, 2.45) is 0 Å². The number of aliphatic hydroxyl groups is 1. The summed E-state index contributed by atoms with van der Waals surface area (Å²) in [5.41, 5.74) is -0.393. The molecule has 2 fully saturated rings. The molecule has 0 aromatic heterocycles. The lowest BCUT2D eigenvalue weighted by Crippen LogP contribution is -2.56. The van der Waals surface area contributed by atoms with Crippen LogP contribution < -0.4 is 0 Å². The van der Waals surface area contributed by atoms with Gasteiger partial charge in [0.1, 0.15) is 0 Å². The van der Waals surface area contributed by atoms with Crippen molar-refractivity contribution in [3.8, 4) is 0 Å². The van der Waals surface area contributed by atoms with Crippen LogP contribution in [-0.2, 0) is 4.74 Å². The fourth-order valence-electron chi connectivity index (χ4n) is 3.65. The van der Waals surface area contributed by atoms with Gasteiger partial charge in [0.25, 0.3) is 0 Å². The number of piperidine rings is 2. The molecule has 2 aliphatic heterocycles. The zero-order valence-corrected chi connectivity index (χ0v) is 11.3. The first-order valence-corrected chi connectivity index (χ1v) is 7.08. The molecule has 2 heterocycles. The summed E-state index contributed by atoms with van der Waals surface area (Å²) >= 11 is 0. The Kier molecular flexibility index (Phi) is 4.45. The molecule has 100 valence electrons. The van der Waals surface area contributed by atoms with E-state index in [2.05, 4.69) is 11.9 Å². The molecule has 3 heteroatoms. The molecule has 0 saturated carbocycles. The molecule has 2 bridgehead atoms. The molecule has 0 aromatic carbocycles. The van der Waals surface area contributed by atoms with E-state index in [1.54, 1.807) is 7.11 Å². The Balaban J connectivity index is 1.84. The quantitative estimate of drug-likeness (QED) is 0.749. The molecule has 2 saturated heterocycles. The fraction of sp³-hybridized carbons (Fsp3) is 1.00. The number of unbranched alkanes of at least 4 members (excludes halogenated alkanes) is 1. The summed E-state index contributed by atoms with van der Waals surface area (Å²) in [6.07, 6.45) is 8.97. The van der Waals surface area contributed by atoms with Crippen LogP contribution in [0.15, 0.2) is 0 Å². The second kappa shape index (κ2) is 5.68. The van der Waals surface area contributed by atoms with Crippen LogP contribution in [0.3, 0.4) is 0 Å². The topological polar surface area (TPSA) is 32.7 Å². The molecule has 2 unspecified atom stereocenters. The van der Waals surface area contributed by atoms with E-state index >= 15 is 0 Å². The minimum absolute atomic E-state index is 0.393. The zero-order chi connectivity index (χ0) is 12.3.